The lowest BCUT2D eigenvalue weighted by Crippen LogP contribution is -2.57. The number of amides is 5. The van der Waals surface area contributed by atoms with Crippen LogP contribution in [0.5, 0.6) is 11.5 Å². The number of methoxy groups -OCH3 is 2. The molecule has 1 fully saturated rings. The van der Waals surface area contributed by atoms with Gasteiger partial charge < -0.3 is 43.8 Å². The highest BCUT2D eigenvalue weighted by Gasteiger charge is 2.53. The molecule has 1 saturated heterocycles. The molecular formula is C56H61N6O13P. The molecule has 0 saturated carbocycles. The highest BCUT2D eigenvalue weighted by Crippen LogP contribution is 2.49. The van der Waals surface area contributed by atoms with Crippen LogP contribution in [0.1, 0.15) is 81.9 Å². The van der Waals surface area contributed by atoms with Gasteiger partial charge in [0.25, 0.3) is 14.4 Å². The molecule has 3 aliphatic rings. The molecule has 20 heteroatoms. The fourth-order valence-electron chi connectivity index (χ4n) is 9.51. The molecule has 0 aromatic heterocycles. The first-order valence-electron chi connectivity index (χ1n) is 24.8. The van der Waals surface area contributed by atoms with E-state index in [9.17, 15) is 30.0 Å². The molecule has 0 bridgehead atoms. The number of quaternary nitrogens is 1. The van der Waals surface area contributed by atoms with E-state index in [1.54, 1.807) is 56.7 Å². The normalized spacial score (nSPS) is 19.7. The second kappa shape index (κ2) is 24.4. The number of fused-ring (bicyclic) bond motifs is 1. The van der Waals surface area contributed by atoms with Crippen molar-refractivity contribution in [3.8, 4) is 17.6 Å². The van der Waals surface area contributed by atoms with Crippen LogP contribution < -0.4 is 14.8 Å². The summed E-state index contributed by atoms with van der Waals surface area (Å²) in [6, 6.07) is 39.3. The topological polar surface area (TPSA) is 222 Å². The summed E-state index contributed by atoms with van der Waals surface area (Å²) in [4.78, 5) is 57.4. The first-order valence-corrected chi connectivity index (χ1v) is 25.9. The number of aliphatic hydroxyl groups is 1. The monoisotopic (exact) mass is 1060 g/mol. The standard InChI is InChI=1S/C56H61N6O13P/c1-37(2)61(38(3)4)76(73-34-15-31-57)75-60-48(58-51(64)39-16-9-7-10-17-39)30-32-59(55(60)67)52-50(71-35-33-62(68)53(65)45-20-13-14-21-46(45)54(62)66)49(63)47(74-52)36-72-56(40-18-11-8-12-19-40,41-22-26-43(69-5)27-23-41)42-24-28-44(70-6)29-25-42/h7-14,16-30,37-38,47,49-50,52,63H,15,32-36H2,1-6H3,(H,58,64)/t47-,49-,50-,52-,76?/m1/s1. The van der Waals surface area contributed by atoms with Gasteiger partial charge in [0.2, 0.25) is 0 Å². The van der Waals surface area contributed by atoms with Crippen LogP contribution in [0.2, 0.25) is 0 Å². The smallest absolute Gasteiger partial charge is 0.354 e. The zero-order valence-electron chi connectivity index (χ0n) is 43.0. The Morgan fingerprint density at radius 1 is 0.829 bits per heavy atom. The summed E-state index contributed by atoms with van der Waals surface area (Å²) in [6.07, 6.45) is -4.19. The third-order valence-corrected chi connectivity index (χ3v) is 15.2. The van der Waals surface area contributed by atoms with Gasteiger partial charge >= 0.3 is 17.8 Å². The number of nitrogens with one attached hydrogen (secondary N) is 1. The van der Waals surface area contributed by atoms with E-state index in [0.717, 1.165) is 5.06 Å². The Balaban J connectivity index is 1.17. The number of aliphatic hydroxyl groups excluding tert-OH is 1. The highest BCUT2D eigenvalue weighted by atomic mass is 31.2. The van der Waals surface area contributed by atoms with E-state index in [-0.39, 0.29) is 55.2 Å². The van der Waals surface area contributed by atoms with Gasteiger partial charge in [0.1, 0.15) is 47.8 Å². The number of ether oxygens (including phenoxy) is 5. The Hall–Kier alpha value is -6.92. The third-order valence-electron chi connectivity index (χ3n) is 13.2. The number of carbonyl (C=O) groups excluding carboxylic acids is 4. The van der Waals surface area contributed by atoms with E-state index >= 15 is 4.79 Å². The van der Waals surface area contributed by atoms with Crippen LogP contribution in [0, 0.1) is 16.5 Å². The van der Waals surface area contributed by atoms with Crippen molar-refractivity contribution in [2.45, 2.75) is 76.3 Å². The zero-order valence-corrected chi connectivity index (χ0v) is 43.9. The van der Waals surface area contributed by atoms with Crippen LogP contribution in [-0.2, 0) is 29.0 Å². The van der Waals surface area contributed by atoms with Crippen LogP contribution in [0.15, 0.2) is 145 Å². The summed E-state index contributed by atoms with van der Waals surface area (Å²) in [5, 5.41) is 39.8. The molecule has 3 aliphatic heterocycles. The van der Waals surface area contributed by atoms with Crippen LogP contribution >= 0.6 is 8.53 Å². The number of urea groups is 1. The summed E-state index contributed by atoms with van der Waals surface area (Å²) in [6.45, 7) is 5.89. The van der Waals surface area contributed by atoms with Crippen molar-refractivity contribution in [3.63, 3.8) is 0 Å². The molecule has 398 valence electrons. The van der Waals surface area contributed by atoms with Gasteiger partial charge in [-0.3, -0.25) is 9.69 Å². The minimum Gasteiger partial charge on any atom is -0.617 e. The summed E-state index contributed by atoms with van der Waals surface area (Å²) < 4.78 is 44.1. The summed E-state index contributed by atoms with van der Waals surface area (Å²) in [7, 11) is 0.973. The second-order valence-corrected chi connectivity index (χ2v) is 20.0. The molecule has 3 heterocycles. The predicted octanol–water partition coefficient (Wildman–Crippen LogP) is 8.01. The number of hydrogen-bond donors (Lipinski definition) is 2. The average Bonchev–Trinajstić information content (AvgIpc) is 3.91. The van der Waals surface area contributed by atoms with Gasteiger partial charge in [-0.2, -0.15) is 9.89 Å². The van der Waals surface area contributed by atoms with Gasteiger partial charge in [0.15, 0.2) is 6.23 Å². The number of rotatable bonds is 23. The molecular weight excluding hydrogens is 996 g/mol. The quantitative estimate of drug-likeness (QED) is 0.0158. The molecule has 0 radical (unpaired) electrons. The number of carbonyl (C=O) groups is 4. The van der Waals surface area contributed by atoms with Gasteiger partial charge in [0, 0.05) is 24.2 Å². The fraction of sp³-hybridized carbons (Fsp3) is 0.339. The minimum absolute atomic E-state index is 0.0107. The molecule has 19 nitrogen and oxygen atoms in total. The van der Waals surface area contributed by atoms with Gasteiger partial charge in [-0.05, 0) is 99.0 Å². The Labute approximate surface area is 442 Å². The first-order chi connectivity index (χ1) is 36.7. The Bertz CT molecular complexity index is 2810. The van der Waals surface area contributed by atoms with Crippen molar-refractivity contribution in [1.29, 1.82) is 5.26 Å². The van der Waals surface area contributed by atoms with Gasteiger partial charge in [-0.1, -0.05) is 84.9 Å². The Morgan fingerprint density at radius 2 is 1.37 bits per heavy atom. The van der Waals surface area contributed by atoms with Crippen LogP contribution in [-0.4, -0.2) is 132 Å². The van der Waals surface area contributed by atoms with Crippen LogP contribution in [0.3, 0.4) is 0 Å². The molecule has 5 amide bonds. The average molecular weight is 1060 g/mol. The van der Waals surface area contributed by atoms with Crippen molar-refractivity contribution < 1.29 is 61.8 Å². The predicted molar refractivity (Wildman–Crippen MR) is 278 cm³/mol. The molecule has 5 aromatic rings. The molecule has 76 heavy (non-hydrogen) atoms. The van der Waals surface area contributed by atoms with Gasteiger partial charge in [-0.25, -0.2) is 23.7 Å². The number of benzene rings is 5. The van der Waals surface area contributed by atoms with Crippen molar-refractivity contribution in [3.05, 3.63) is 184 Å². The van der Waals surface area contributed by atoms with Gasteiger partial charge in [0.05, 0.1) is 57.7 Å². The van der Waals surface area contributed by atoms with E-state index in [0.29, 0.717) is 33.8 Å². The van der Waals surface area contributed by atoms with E-state index in [2.05, 4.69) is 11.4 Å². The van der Waals surface area contributed by atoms with Crippen molar-refractivity contribution in [2.24, 2.45) is 0 Å². The second-order valence-electron chi connectivity index (χ2n) is 18.6. The minimum atomic E-state index is -2.16. The molecule has 1 unspecified atom stereocenters. The number of hydroxylamine groups is 5. The maximum absolute atomic E-state index is 15.4. The van der Waals surface area contributed by atoms with Crippen LogP contribution in [0.25, 0.3) is 0 Å². The molecule has 5 aromatic carbocycles. The van der Waals surface area contributed by atoms with Crippen molar-refractivity contribution >= 4 is 32.3 Å². The van der Waals surface area contributed by atoms with E-state index in [1.165, 1.54) is 23.1 Å². The molecule has 0 spiro atoms. The summed E-state index contributed by atoms with van der Waals surface area (Å²) in [5.74, 6) is -1.31. The van der Waals surface area contributed by atoms with Gasteiger partial charge in [-0.15, -0.1) is 5.06 Å². The van der Waals surface area contributed by atoms with Crippen LogP contribution in [0.4, 0.5) is 4.79 Å². The summed E-state index contributed by atoms with van der Waals surface area (Å²) >= 11 is 0. The Kier molecular flexibility index (Phi) is 17.7. The number of hydrogen-bond acceptors (Lipinski definition) is 15. The zero-order chi connectivity index (χ0) is 54.1. The third kappa shape index (κ3) is 11.3. The van der Waals surface area contributed by atoms with Crippen molar-refractivity contribution in [1.82, 2.24) is 20.0 Å². The largest absolute Gasteiger partial charge is 0.617 e. The molecule has 2 N–H and O–H groups in total. The fourth-order valence-corrected chi connectivity index (χ4v) is 11.1. The van der Waals surface area contributed by atoms with E-state index in [4.69, 9.17) is 32.8 Å². The lowest BCUT2D eigenvalue weighted by atomic mass is 9.80. The SMILES string of the molecule is COc1ccc(C(OC[C@H]2O[C@@H](N3CC=C(NC(=O)c4ccccc4)N(OP(OCCC#N)N(C(C)C)C(C)C)C3=O)[C@H](OCC[N+]3([O-])C(=O)c4ccccc4C3=O)[C@@H]2O)(c2ccccc2)c2ccc(OC)cc2)cc1. The van der Waals surface area contributed by atoms with Crippen molar-refractivity contribution in [2.75, 3.05) is 47.1 Å². The lowest BCUT2D eigenvalue weighted by molar-refractivity contribution is -0.709. The maximum Gasteiger partial charge on any atom is 0.354 e. The molecule has 8 rings (SSSR count). The maximum atomic E-state index is 15.4. The van der Waals surface area contributed by atoms with E-state index in [1.807, 2.05) is 111 Å². The number of imide groups is 1. The summed E-state index contributed by atoms with van der Waals surface area (Å²) in [5.41, 5.74) is 0.990. The number of nitriles is 1. The van der Waals surface area contributed by atoms with E-state index < -0.39 is 80.2 Å². The lowest BCUT2D eigenvalue weighted by Gasteiger charge is -2.42. The Morgan fingerprint density at radius 3 is 1.91 bits per heavy atom. The first kappa shape index (κ1) is 55.3. The highest BCUT2D eigenvalue weighted by molar-refractivity contribution is 7.44. The molecule has 5 atom stereocenters. The molecule has 0 aliphatic carbocycles. The number of nitrogens with zero attached hydrogens (tertiary/aromatic N) is 5.